The summed E-state index contributed by atoms with van der Waals surface area (Å²) in [5.41, 5.74) is 4.80. The maximum atomic E-state index is 10.7. The van der Waals surface area contributed by atoms with Gasteiger partial charge in [0.2, 0.25) is 0 Å². The van der Waals surface area contributed by atoms with Gasteiger partial charge in [0.1, 0.15) is 0 Å². The molecule has 0 bridgehead atoms. The third-order valence-corrected chi connectivity index (χ3v) is 3.79. The minimum atomic E-state index is -0.755. The van der Waals surface area contributed by atoms with E-state index in [1.54, 1.807) is 0 Å². The molecule has 86 valence electrons. The first-order chi connectivity index (χ1) is 7.50. The van der Waals surface area contributed by atoms with Crippen LogP contribution in [-0.4, -0.2) is 11.1 Å². The lowest BCUT2D eigenvalue weighted by atomic mass is 9.93. The van der Waals surface area contributed by atoms with Crippen molar-refractivity contribution in [2.75, 3.05) is 0 Å². The van der Waals surface area contributed by atoms with Gasteiger partial charge in [-0.1, -0.05) is 19.1 Å². The van der Waals surface area contributed by atoms with Crippen LogP contribution in [0.3, 0.4) is 0 Å². The van der Waals surface area contributed by atoms with Crippen LogP contribution in [-0.2, 0) is 11.2 Å². The second kappa shape index (κ2) is 3.93. The van der Waals surface area contributed by atoms with Crippen LogP contribution in [0.1, 0.15) is 41.5 Å². The zero-order valence-electron chi connectivity index (χ0n) is 10.1. The summed E-state index contributed by atoms with van der Waals surface area (Å²) in [4.78, 5) is 10.7. The highest BCUT2D eigenvalue weighted by Gasteiger charge is 2.35. The molecule has 0 heterocycles. The van der Waals surface area contributed by atoms with Gasteiger partial charge in [0.15, 0.2) is 0 Å². The van der Waals surface area contributed by atoms with Gasteiger partial charge in [-0.05, 0) is 54.4 Å². The van der Waals surface area contributed by atoms with E-state index in [1.807, 2.05) is 13.0 Å². The average molecular weight is 218 g/mol. The van der Waals surface area contributed by atoms with Gasteiger partial charge in [-0.25, -0.2) is 0 Å². The molecule has 1 aliphatic carbocycles. The number of rotatable bonds is 3. The number of carboxylic acids is 1. The molecule has 2 unspecified atom stereocenters. The van der Waals surface area contributed by atoms with Crippen LogP contribution in [0.15, 0.2) is 12.1 Å². The highest BCUT2D eigenvalue weighted by molar-refractivity contribution is 5.71. The molecule has 2 atom stereocenters. The Kier molecular flexibility index (Phi) is 2.75. The summed E-state index contributed by atoms with van der Waals surface area (Å²) in [6.07, 6.45) is 1.41. The lowest BCUT2D eigenvalue weighted by Gasteiger charge is -2.12. The van der Waals surface area contributed by atoms with Crippen LogP contribution in [0.2, 0.25) is 0 Å². The molecule has 1 aliphatic rings. The van der Waals surface area contributed by atoms with Crippen molar-refractivity contribution in [1.29, 1.82) is 0 Å². The standard InChI is InChI=1S/C14H18O2/c1-8-6-13(8)12-5-4-11(7-14(15)16)9(2)10(12)3/h4-5,8,13H,6-7H2,1-3H3,(H,15,16). The zero-order valence-corrected chi connectivity index (χ0v) is 10.1. The van der Waals surface area contributed by atoms with Gasteiger partial charge in [0.25, 0.3) is 0 Å². The summed E-state index contributed by atoms with van der Waals surface area (Å²) < 4.78 is 0. The van der Waals surface area contributed by atoms with E-state index < -0.39 is 5.97 Å². The highest BCUT2D eigenvalue weighted by atomic mass is 16.4. The fraction of sp³-hybridized carbons (Fsp3) is 0.500. The molecule has 2 heteroatoms. The molecule has 0 saturated heterocycles. The number of hydrogen-bond acceptors (Lipinski definition) is 1. The molecule has 1 aromatic carbocycles. The maximum absolute atomic E-state index is 10.7. The monoisotopic (exact) mass is 218 g/mol. The number of aliphatic carboxylic acids is 1. The van der Waals surface area contributed by atoms with Crippen LogP contribution in [0, 0.1) is 19.8 Å². The van der Waals surface area contributed by atoms with Crippen molar-refractivity contribution in [3.63, 3.8) is 0 Å². The Hall–Kier alpha value is -1.31. The summed E-state index contributed by atoms with van der Waals surface area (Å²) in [5, 5.41) is 8.82. The summed E-state index contributed by atoms with van der Waals surface area (Å²) in [6, 6.07) is 4.10. The van der Waals surface area contributed by atoms with Gasteiger partial charge < -0.3 is 5.11 Å². The van der Waals surface area contributed by atoms with E-state index >= 15 is 0 Å². The smallest absolute Gasteiger partial charge is 0.307 e. The predicted molar refractivity (Wildman–Crippen MR) is 63.8 cm³/mol. The van der Waals surface area contributed by atoms with Crippen LogP contribution in [0.4, 0.5) is 0 Å². The van der Waals surface area contributed by atoms with Gasteiger partial charge in [0.05, 0.1) is 6.42 Å². The van der Waals surface area contributed by atoms with Crippen LogP contribution in [0.25, 0.3) is 0 Å². The molecular formula is C14H18O2. The lowest BCUT2D eigenvalue weighted by Crippen LogP contribution is -2.04. The van der Waals surface area contributed by atoms with Crippen molar-refractivity contribution in [2.24, 2.45) is 5.92 Å². The summed E-state index contributed by atoms with van der Waals surface area (Å²) >= 11 is 0. The molecule has 2 rings (SSSR count). The Morgan fingerprint density at radius 3 is 2.50 bits per heavy atom. The third-order valence-electron chi connectivity index (χ3n) is 3.79. The first kappa shape index (κ1) is 11.2. The van der Waals surface area contributed by atoms with Crippen LogP contribution < -0.4 is 0 Å². The number of benzene rings is 1. The van der Waals surface area contributed by atoms with Gasteiger partial charge in [0, 0.05) is 0 Å². The first-order valence-electron chi connectivity index (χ1n) is 5.81. The molecule has 1 saturated carbocycles. The van der Waals surface area contributed by atoms with Gasteiger partial charge in [-0.3, -0.25) is 4.79 Å². The van der Waals surface area contributed by atoms with Crippen molar-refractivity contribution in [1.82, 2.24) is 0 Å². The molecule has 16 heavy (non-hydrogen) atoms. The fourth-order valence-electron chi connectivity index (χ4n) is 2.41. The van der Waals surface area contributed by atoms with Gasteiger partial charge >= 0.3 is 5.97 Å². The molecule has 0 aromatic heterocycles. The Morgan fingerprint density at radius 1 is 1.38 bits per heavy atom. The van der Waals surface area contributed by atoms with Crippen molar-refractivity contribution < 1.29 is 9.90 Å². The average Bonchev–Trinajstić information content (AvgIpc) is 2.90. The summed E-state index contributed by atoms with van der Waals surface area (Å²) in [5.74, 6) is 0.746. The molecular weight excluding hydrogens is 200 g/mol. The minimum absolute atomic E-state index is 0.132. The predicted octanol–water partition coefficient (Wildman–Crippen LogP) is 3.05. The van der Waals surface area contributed by atoms with Crippen molar-refractivity contribution in [3.05, 3.63) is 34.4 Å². The molecule has 2 nitrogen and oxygen atoms in total. The van der Waals surface area contributed by atoms with E-state index in [2.05, 4.69) is 19.9 Å². The van der Waals surface area contributed by atoms with Crippen LogP contribution >= 0.6 is 0 Å². The molecule has 0 spiro atoms. The van der Waals surface area contributed by atoms with E-state index in [-0.39, 0.29) is 6.42 Å². The Bertz CT molecular complexity index is 435. The first-order valence-corrected chi connectivity index (χ1v) is 5.81. The van der Waals surface area contributed by atoms with Crippen molar-refractivity contribution in [3.8, 4) is 0 Å². The third kappa shape index (κ3) is 1.97. The van der Waals surface area contributed by atoms with E-state index in [9.17, 15) is 4.79 Å². The van der Waals surface area contributed by atoms with Crippen LogP contribution in [0.5, 0.6) is 0 Å². The molecule has 1 fully saturated rings. The topological polar surface area (TPSA) is 37.3 Å². The SMILES string of the molecule is Cc1c(CC(=O)O)ccc(C2CC2C)c1C. The van der Waals surface area contributed by atoms with E-state index in [0.29, 0.717) is 5.92 Å². The fourth-order valence-corrected chi connectivity index (χ4v) is 2.41. The molecule has 1 N–H and O–H groups in total. The number of carbonyl (C=O) groups is 1. The second-order valence-corrected chi connectivity index (χ2v) is 4.95. The molecule has 0 amide bonds. The Balaban J connectivity index is 2.32. The number of hydrogen-bond donors (Lipinski definition) is 1. The minimum Gasteiger partial charge on any atom is -0.481 e. The van der Waals surface area contributed by atoms with Gasteiger partial charge in [-0.2, -0.15) is 0 Å². The Labute approximate surface area is 96.3 Å². The molecule has 1 aromatic rings. The maximum Gasteiger partial charge on any atom is 0.307 e. The molecule has 0 aliphatic heterocycles. The number of carboxylic acid groups (broad SMARTS) is 1. The van der Waals surface area contributed by atoms with E-state index in [1.165, 1.54) is 17.5 Å². The van der Waals surface area contributed by atoms with E-state index in [4.69, 9.17) is 5.11 Å². The Morgan fingerprint density at radius 2 is 2.00 bits per heavy atom. The zero-order chi connectivity index (χ0) is 11.9. The lowest BCUT2D eigenvalue weighted by molar-refractivity contribution is -0.136. The summed E-state index contributed by atoms with van der Waals surface area (Å²) in [7, 11) is 0. The summed E-state index contributed by atoms with van der Waals surface area (Å²) in [6.45, 7) is 6.41. The quantitative estimate of drug-likeness (QED) is 0.846. The van der Waals surface area contributed by atoms with Crippen molar-refractivity contribution >= 4 is 5.97 Å². The van der Waals surface area contributed by atoms with Gasteiger partial charge in [-0.15, -0.1) is 0 Å². The largest absolute Gasteiger partial charge is 0.481 e. The van der Waals surface area contributed by atoms with Crippen molar-refractivity contribution in [2.45, 2.75) is 39.5 Å². The van der Waals surface area contributed by atoms with E-state index in [0.717, 1.165) is 17.0 Å². The molecule has 0 radical (unpaired) electrons. The second-order valence-electron chi connectivity index (χ2n) is 4.95. The normalized spacial score (nSPS) is 23.2. The highest BCUT2D eigenvalue weighted by Crippen LogP contribution is 2.48.